The molecule has 1 heterocycles. The smallest absolute Gasteiger partial charge is 0.420 e. The van der Waals surface area contributed by atoms with E-state index in [1.165, 1.54) is 7.11 Å². The molecule has 0 aliphatic rings. The van der Waals surface area contributed by atoms with Gasteiger partial charge in [0.2, 0.25) is 0 Å². The molecule has 26 heavy (non-hydrogen) atoms. The van der Waals surface area contributed by atoms with Gasteiger partial charge < -0.3 is 19.8 Å². The molecule has 0 atom stereocenters. The van der Waals surface area contributed by atoms with Gasteiger partial charge in [-0.1, -0.05) is 11.6 Å². The van der Waals surface area contributed by atoms with Crippen LogP contribution in [0.1, 0.15) is 19.9 Å². The number of benzene rings is 2. The molecule has 0 bridgehead atoms. The van der Waals surface area contributed by atoms with Crippen molar-refractivity contribution < 1.29 is 13.9 Å². The average molecular weight is 376 g/mol. The maximum atomic E-state index is 12.3. The number of rotatable bonds is 4. The second kappa shape index (κ2) is 7.13. The Balaban J connectivity index is 1.82. The molecule has 0 saturated heterocycles. The van der Waals surface area contributed by atoms with Crippen LogP contribution in [0, 0.1) is 0 Å². The number of urea groups is 1. The number of anilines is 2. The first-order chi connectivity index (χ1) is 12.4. The van der Waals surface area contributed by atoms with Crippen molar-refractivity contribution in [3.63, 3.8) is 0 Å². The van der Waals surface area contributed by atoms with E-state index in [2.05, 4.69) is 10.6 Å². The van der Waals surface area contributed by atoms with Crippen LogP contribution in [0.4, 0.5) is 16.2 Å². The van der Waals surface area contributed by atoms with E-state index in [-0.39, 0.29) is 6.04 Å². The van der Waals surface area contributed by atoms with E-state index in [0.29, 0.717) is 33.2 Å². The zero-order chi connectivity index (χ0) is 18.8. The highest BCUT2D eigenvalue weighted by Crippen LogP contribution is 2.28. The quantitative estimate of drug-likeness (QED) is 0.703. The van der Waals surface area contributed by atoms with Crippen LogP contribution in [0.15, 0.2) is 45.6 Å². The Kier molecular flexibility index (Phi) is 4.90. The Labute approximate surface area is 154 Å². The lowest BCUT2D eigenvalue weighted by atomic mass is 10.2. The number of nitrogens with zero attached hydrogens (tertiary/aromatic N) is 1. The molecule has 3 aromatic rings. The second-order valence-corrected chi connectivity index (χ2v) is 6.37. The van der Waals surface area contributed by atoms with E-state index in [0.717, 1.165) is 0 Å². The van der Waals surface area contributed by atoms with Gasteiger partial charge >= 0.3 is 11.8 Å². The van der Waals surface area contributed by atoms with Gasteiger partial charge in [0.25, 0.3) is 0 Å². The minimum atomic E-state index is -0.476. The number of amides is 2. The van der Waals surface area contributed by atoms with Crippen LogP contribution in [0.2, 0.25) is 5.02 Å². The number of nitrogens with one attached hydrogen (secondary N) is 2. The highest BCUT2D eigenvalue weighted by atomic mass is 35.5. The van der Waals surface area contributed by atoms with Crippen molar-refractivity contribution >= 4 is 40.1 Å². The number of fused-ring (bicyclic) bond motifs is 1. The highest BCUT2D eigenvalue weighted by Gasteiger charge is 2.14. The van der Waals surface area contributed by atoms with Crippen molar-refractivity contribution in [3.05, 3.63) is 52.0 Å². The number of oxazole rings is 1. The third-order valence-electron chi connectivity index (χ3n) is 3.80. The number of aromatic nitrogens is 1. The molecule has 0 aliphatic carbocycles. The average Bonchev–Trinajstić information content (AvgIpc) is 2.90. The summed E-state index contributed by atoms with van der Waals surface area (Å²) < 4.78 is 12.0. The molecule has 2 aromatic carbocycles. The van der Waals surface area contributed by atoms with Gasteiger partial charge in [-0.2, -0.15) is 0 Å². The summed E-state index contributed by atoms with van der Waals surface area (Å²) in [5.74, 6) is 0.0558. The molecule has 0 radical (unpaired) electrons. The molecule has 8 heteroatoms. The number of carbonyl (C=O) groups excluding carboxylic acids is 1. The van der Waals surface area contributed by atoms with Gasteiger partial charge in [0.15, 0.2) is 5.58 Å². The fourth-order valence-corrected chi connectivity index (χ4v) is 2.84. The van der Waals surface area contributed by atoms with E-state index < -0.39 is 11.8 Å². The summed E-state index contributed by atoms with van der Waals surface area (Å²) in [6.45, 7) is 3.79. The van der Waals surface area contributed by atoms with Crippen LogP contribution in [0.5, 0.6) is 5.75 Å². The number of hydrogen-bond acceptors (Lipinski definition) is 4. The molecule has 0 fully saturated rings. The molecule has 0 unspecified atom stereocenters. The van der Waals surface area contributed by atoms with E-state index >= 15 is 0 Å². The molecule has 0 aliphatic heterocycles. The van der Waals surface area contributed by atoms with Crippen LogP contribution in [-0.4, -0.2) is 17.7 Å². The third kappa shape index (κ3) is 3.52. The number of methoxy groups -OCH3 is 1. The van der Waals surface area contributed by atoms with E-state index in [4.69, 9.17) is 20.8 Å². The lowest BCUT2D eigenvalue weighted by Gasteiger charge is -2.11. The Morgan fingerprint density at radius 1 is 1.19 bits per heavy atom. The van der Waals surface area contributed by atoms with Crippen LogP contribution < -0.4 is 21.1 Å². The van der Waals surface area contributed by atoms with E-state index in [9.17, 15) is 9.59 Å². The van der Waals surface area contributed by atoms with Gasteiger partial charge in [-0.25, -0.2) is 9.59 Å². The van der Waals surface area contributed by atoms with Gasteiger partial charge in [-0.15, -0.1) is 0 Å². The second-order valence-electron chi connectivity index (χ2n) is 5.94. The zero-order valence-electron chi connectivity index (χ0n) is 14.5. The molecule has 2 N–H and O–H groups in total. The van der Waals surface area contributed by atoms with Gasteiger partial charge in [-0.05, 0) is 44.2 Å². The Morgan fingerprint density at radius 3 is 2.65 bits per heavy atom. The molecular formula is C18H18ClN3O4. The molecular weight excluding hydrogens is 358 g/mol. The summed E-state index contributed by atoms with van der Waals surface area (Å²) in [4.78, 5) is 24.2. The summed E-state index contributed by atoms with van der Waals surface area (Å²) in [5.41, 5.74) is 2.01. The van der Waals surface area contributed by atoms with Crippen LogP contribution in [-0.2, 0) is 0 Å². The fraction of sp³-hybridized carbons (Fsp3) is 0.222. The van der Waals surface area contributed by atoms with Crippen LogP contribution in [0.3, 0.4) is 0 Å². The van der Waals surface area contributed by atoms with Crippen molar-refractivity contribution in [1.82, 2.24) is 4.57 Å². The molecule has 3 rings (SSSR count). The maximum absolute atomic E-state index is 12.3. The number of carbonyl (C=O) groups is 1. The first-order valence-corrected chi connectivity index (χ1v) is 8.33. The zero-order valence-corrected chi connectivity index (χ0v) is 15.3. The lowest BCUT2D eigenvalue weighted by Crippen LogP contribution is -2.19. The van der Waals surface area contributed by atoms with E-state index in [1.54, 1.807) is 41.0 Å². The third-order valence-corrected chi connectivity index (χ3v) is 4.03. The Morgan fingerprint density at radius 2 is 1.96 bits per heavy atom. The molecule has 7 nitrogen and oxygen atoms in total. The van der Waals surface area contributed by atoms with Crippen molar-refractivity contribution in [3.8, 4) is 5.75 Å². The molecule has 1 aromatic heterocycles. The predicted octanol–water partition coefficient (Wildman–Crippen LogP) is 4.48. The molecule has 0 spiro atoms. The summed E-state index contributed by atoms with van der Waals surface area (Å²) >= 11 is 5.95. The standard InChI is InChI=1S/C18H18ClN3O4/c1-10(2)22-14-6-5-12(9-16(14)26-18(22)24)20-17(23)21-13-8-11(19)4-7-15(13)25-3/h4-10H,1-3H3,(H2,20,21,23). The number of halogens is 1. The maximum Gasteiger partial charge on any atom is 0.420 e. The van der Waals surface area contributed by atoms with Crippen molar-refractivity contribution in [2.75, 3.05) is 17.7 Å². The monoisotopic (exact) mass is 375 g/mol. The van der Waals surface area contributed by atoms with Crippen LogP contribution in [0.25, 0.3) is 11.1 Å². The topological polar surface area (TPSA) is 85.5 Å². The van der Waals surface area contributed by atoms with Gasteiger partial charge in [0, 0.05) is 22.8 Å². The summed E-state index contributed by atoms with van der Waals surface area (Å²) in [6, 6.07) is 9.44. The van der Waals surface area contributed by atoms with Gasteiger partial charge in [0.05, 0.1) is 18.3 Å². The summed E-state index contributed by atoms with van der Waals surface area (Å²) in [5, 5.41) is 5.84. The fourth-order valence-electron chi connectivity index (χ4n) is 2.67. The van der Waals surface area contributed by atoms with Gasteiger partial charge in [0.1, 0.15) is 5.75 Å². The van der Waals surface area contributed by atoms with Crippen molar-refractivity contribution in [2.45, 2.75) is 19.9 Å². The number of ether oxygens (including phenoxy) is 1. The SMILES string of the molecule is COc1ccc(Cl)cc1NC(=O)Nc1ccc2c(c1)oc(=O)n2C(C)C. The van der Waals surface area contributed by atoms with Crippen molar-refractivity contribution in [1.29, 1.82) is 0 Å². The lowest BCUT2D eigenvalue weighted by molar-refractivity contribution is 0.262. The number of hydrogen-bond donors (Lipinski definition) is 2. The van der Waals surface area contributed by atoms with E-state index in [1.807, 2.05) is 13.8 Å². The molecule has 0 saturated carbocycles. The Bertz CT molecular complexity index is 1020. The minimum Gasteiger partial charge on any atom is -0.495 e. The molecule has 136 valence electrons. The summed E-state index contributed by atoms with van der Waals surface area (Å²) in [6.07, 6.45) is 0. The predicted molar refractivity (Wildman–Crippen MR) is 102 cm³/mol. The highest BCUT2D eigenvalue weighted by molar-refractivity contribution is 6.31. The first kappa shape index (κ1) is 17.9. The largest absolute Gasteiger partial charge is 0.495 e. The van der Waals surface area contributed by atoms with Crippen molar-refractivity contribution in [2.24, 2.45) is 0 Å². The first-order valence-electron chi connectivity index (χ1n) is 7.95. The molecule has 2 amide bonds. The Hall–Kier alpha value is -2.93. The van der Waals surface area contributed by atoms with Crippen LogP contribution >= 0.6 is 11.6 Å². The summed E-state index contributed by atoms with van der Waals surface area (Å²) in [7, 11) is 1.50. The normalized spacial score (nSPS) is 11.0. The minimum absolute atomic E-state index is 0.0267. The van der Waals surface area contributed by atoms with Gasteiger partial charge in [-0.3, -0.25) is 4.57 Å².